The first-order chi connectivity index (χ1) is 12.1. The summed E-state index contributed by atoms with van der Waals surface area (Å²) in [6.45, 7) is 3.63. The summed E-state index contributed by atoms with van der Waals surface area (Å²) in [5, 5.41) is 0. The van der Waals surface area contributed by atoms with Crippen LogP contribution >= 0.6 is 0 Å². The van der Waals surface area contributed by atoms with Crippen molar-refractivity contribution in [2.75, 3.05) is 13.1 Å². The van der Waals surface area contributed by atoms with Crippen LogP contribution in [0.2, 0.25) is 0 Å². The van der Waals surface area contributed by atoms with Crippen LogP contribution in [0.3, 0.4) is 0 Å². The predicted octanol–water partition coefficient (Wildman–Crippen LogP) is 3.26. The largest absolute Gasteiger partial charge is 0.339 e. The van der Waals surface area contributed by atoms with Crippen LogP contribution in [-0.4, -0.2) is 28.9 Å². The van der Waals surface area contributed by atoms with Crippen molar-refractivity contribution in [3.8, 4) is 0 Å². The molecule has 0 unspecified atom stereocenters. The molecule has 1 aliphatic rings. The van der Waals surface area contributed by atoms with E-state index in [0.29, 0.717) is 30.1 Å². The molecule has 1 fully saturated rings. The number of amides is 1. The third-order valence-electron chi connectivity index (χ3n) is 5.00. The van der Waals surface area contributed by atoms with Gasteiger partial charge in [0.1, 0.15) is 5.82 Å². The molecule has 3 rings (SSSR count). The van der Waals surface area contributed by atoms with Gasteiger partial charge < -0.3 is 10.6 Å². The first-order valence-electron chi connectivity index (χ1n) is 8.85. The topological polar surface area (TPSA) is 59.2 Å². The molecule has 5 heteroatoms. The quantitative estimate of drug-likeness (QED) is 0.928. The first kappa shape index (κ1) is 17.5. The zero-order chi connectivity index (χ0) is 17.8. The van der Waals surface area contributed by atoms with E-state index in [1.165, 1.54) is 6.07 Å². The van der Waals surface area contributed by atoms with Gasteiger partial charge in [-0.3, -0.25) is 9.78 Å². The van der Waals surface area contributed by atoms with Crippen molar-refractivity contribution in [3.05, 3.63) is 64.7 Å². The summed E-state index contributed by atoms with van der Waals surface area (Å²) in [4.78, 5) is 19.0. The van der Waals surface area contributed by atoms with Crippen LogP contribution in [0.4, 0.5) is 4.39 Å². The highest BCUT2D eigenvalue weighted by Gasteiger charge is 2.26. The number of likely N-dealkylation sites (tertiary alicyclic amines) is 1. The van der Waals surface area contributed by atoms with Crippen molar-refractivity contribution in [2.45, 2.75) is 38.6 Å². The van der Waals surface area contributed by atoms with Gasteiger partial charge in [-0.05, 0) is 48.9 Å². The average molecular weight is 341 g/mol. The van der Waals surface area contributed by atoms with Crippen LogP contribution in [0, 0.1) is 5.82 Å². The fourth-order valence-corrected chi connectivity index (χ4v) is 3.51. The predicted molar refractivity (Wildman–Crippen MR) is 95.8 cm³/mol. The van der Waals surface area contributed by atoms with E-state index in [4.69, 9.17) is 5.73 Å². The lowest BCUT2D eigenvalue weighted by Crippen LogP contribution is -2.38. The second-order valence-electron chi connectivity index (χ2n) is 6.47. The van der Waals surface area contributed by atoms with Crippen LogP contribution < -0.4 is 5.73 Å². The first-order valence-corrected chi connectivity index (χ1v) is 8.85. The van der Waals surface area contributed by atoms with Gasteiger partial charge in [0, 0.05) is 31.4 Å². The monoisotopic (exact) mass is 341 g/mol. The lowest BCUT2D eigenvalue weighted by molar-refractivity contribution is 0.0711. The summed E-state index contributed by atoms with van der Waals surface area (Å²) < 4.78 is 13.6. The highest BCUT2D eigenvalue weighted by Crippen LogP contribution is 2.30. The lowest BCUT2D eigenvalue weighted by atomic mass is 9.88. The molecule has 1 amide bonds. The second kappa shape index (κ2) is 7.74. The van der Waals surface area contributed by atoms with E-state index in [0.717, 1.165) is 30.5 Å². The molecular weight excluding hydrogens is 317 g/mol. The Morgan fingerprint density at radius 2 is 2.08 bits per heavy atom. The zero-order valence-corrected chi connectivity index (χ0v) is 14.5. The standard InChI is InChI=1S/C20H24FN3O/c1-2-19-17(4-3-9-23-19)20(25)24-10-7-14(8-11-24)15-5-6-18(21)16(12-15)13-22/h3-6,9,12,14H,2,7-8,10-11,13,22H2,1H3. The lowest BCUT2D eigenvalue weighted by Gasteiger charge is -2.32. The van der Waals surface area contributed by atoms with Crippen molar-refractivity contribution >= 4 is 5.91 Å². The number of aryl methyl sites for hydroxylation is 1. The van der Waals surface area contributed by atoms with E-state index in [1.807, 2.05) is 36.1 Å². The Labute approximate surface area is 147 Å². The number of piperidine rings is 1. The summed E-state index contributed by atoms with van der Waals surface area (Å²) in [6, 6.07) is 8.87. The van der Waals surface area contributed by atoms with E-state index >= 15 is 0 Å². The Bertz CT molecular complexity index is 754. The van der Waals surface area contributed by atoms with Gasteiger partial charge in [-0.2, -0.15) is 0 Å². The molecule has 0 radical (unpaired) electrons. The third kappa shape index (κ3) is 3.71. The number of carbonyl (C=O) groups is 1. The van der Waals surface area contributed by atoms with E-state index < -0.39 is 0 Å². The average Bonchev–Trinajstić information content (AvgIpc) is 2.68. The molecule has 0 bridgehead atoms. The van der Waals surface area contributed by atoms with Crippen molar-refractivity contribution < 1.29 is 9.18 Å². The van der Waals surface area contributed by atoms with E-state index in [9.17, 15) is 9.18 Å². The van der Waals surface area contributed by atoms with Gasteiger partial charge in [-0.25, -0.2) is 4.39 Å². The number of carbonyl (C=O) groups excluding carboxylic acids is 1. The Kier molecular flexibility index (Phi) is 5.43. The fourth-order valence-electron chi connectivity index (χ4n) is 3.51. The maximum atomic E-state index is 13.6. The van der Waals surface area contributed by atoms with Gasteiger partial charge in [0.15, 0.2) is 0 Å². The summed E-state index contributed by atoms with van der Waals surface area (Å²) in [6.07, 6.45) is 4.23. The molecule has 4 nitrogen and oxygen atoms in total. The number of rotatable bonds is 4. The highest BCUT2D eigenvalue weighted by atomic mass is 19.1. The molecule has 25 heavy (non-hydrogen) atoms. The van der Waals surface area contributed by atoms with Crippen LogP contribution in [0.15, 0.2) is 36.5 Å². The molecule has 0 saturated carbocycles. The van der Waals surface area contributed by atoms with Crippen molar-refractivity contribution in [1.82, 2.24) is 9.88 Å². The molecule has 1 aliphatic heterocycles. The number of pyridine rings is 1. The summed E-state index contributed by atoms with van der Waals surface area (Å²) in [5.74, 6) is 0.155. The minimum Gasteiger partial charge on any atom is -0.339 e. The molecule has 0 spiro atoms. The maximum Gasteiger partial charge on any atom is 0.255 e. The Hall–Kier alpha value is -2.27. The number of nitrogens with two attached hydrogens (primary N) is 1. The maximum absolute atomic E-state index is 13.6. The van der Waals surface area contributed by atoms with Gasteiger partial charge in [-0.1, -0.05) is 19.1 Å². The smallest absolute Gasteiger partial charge is 0.255 e. The van der Waals surface area contributed by atoms with Gasteiger partial charge in [0.05, 0.1) is 11.3 Å². The molecule has 132 valence electrons. The van der Waals surface area contributed by atoms with Gasteiger partial charge in [0.25, 0.3) is 5.91 Å². The van der Waals surface area contributed by atoms with Crippen LogP contribution in [-0.2, 0) is 13.0 Å². The Balaban J connectivity index is 1.68. The number of nitrogens with zero attached hydrogens (tertiary/aromatic N) is 2. The van der Waals surface area contributed by atoms with Gasteiger partial charge in [0.2, 0.25) is 0 Å². The molecule has 0 aliphatic carbocycles. The highest BCUT2D eigenvalue weighted by molar-refractivity contribution is 5.95. The van der Waals surface area contributed by atoms with E-state index in [1.54, 1.807) is 6.20 Å². The minimum atomic E-state index is -0.248. The number of aromatic nitrogens is 1. The SMILES string of the molecule is CCc1ncccc1C(=O)N1CCC(c2ccc(F)c(CN)c2)CC1. The Morgan fingerprint density at radius 1 is 1.32 bits per heavy atom. The van der Waals surface area contributed by atoms with Crippen molar-refractivity contribution in [3.63, 3.8) is 0 Å². The normalized spacial score (nSPS) is 15.4. The van der Waals surface area contributed by atoms with Crippen molar-refractivity contribution in [2.24, 2.45) is 5.73 Å². The van der Waals surface area contributed by atoms with Crippen molar-refractivity contribution in [1.29, 1.82) is 0 Å². The molecule has 1 saturated heterocycles. The molecule has 2 heterocycles. The van der Waals surface area contributed by atoms with Crippen LogP contribution in [0.25, 0.3) is 0 Å². The minimum absolute atomic E-state index is 0.0603. The number of hydrogen-bond acceptors (Lipinski definition) is 3. The van der Waals surface area contributed by atoms with E-state index in [-0.39, 0.29) is 18.3 Å². The number of halogens is 1. The van der Waals surface area contributed by atoms with Crippen LogP contribution in [0.5, 0.6) is 0 Å². The van der Waals surface area contributed by atoms with Crippen LogP contribution in [0.1, 0.15) is 52.9 Å². The number of benzene rings is 1. The fraction of sp³-hybridized carbons (Fsp3) is 0.400. The molecule has 0 atom stereocenters. The second-order valence-corrected chi connectivity index (χ2v) is 6.47. The summed E-state index contributed by atoms with van der Waals surface area (Å²) in [7, 11) is 0. The van der Waals surface area contributed by atoms with Gasteiger partial charge >= 0.3 is 0 Å². The van der Waals surface area contributed by atoms with E-state index in [2.05, 4.69) is 4.98 Å². The summed E-state index contributed by atoms with van der Waals surface area (Å²) in [5.41, 5.74) is 8.83. The number of hydrogen-bond donors (Lipinski definition) is 1. The third-order valence-corrected chi connectivity index (χ3v) is 5.00. The Morgan fingerprint density at radius 3 is 2.76 bits per heavy atom. The summed E-state index contributed by atoms with van der Waals surface area (Å²) >= 11 is 0. The molecule has 2 aromatic rings. The van der Waals surface area contributed by atoms with Gasteiger partial charge in [-0.15, -0.1) is 0 Å². The zero-order valence-electron chi connectivity index (χ0n) is 14.5. The molecule has 1 aromatic carbocycles. The molecular formula is C20H24FN3O. The molecule has 2 N–H and O–H groups in total. The molecule has 1 aromatic heterocycles.